The number of sulfonamides is 1. The van der Waals surface area contributed by atoms with E-state index in [9.17, 15) is 21.6 Å². The molecule has 2 rings (SSSR count). The number of anilines is 1. The van der Waals surface area contributed by atoms with Crippen LogP contribution in [0.2, 0.25) is 0 Å². The molecular formula is C13H10F3NO2S. The van der Waals surface area contributed by atoms with Crippen molar-refractivity contribution in [1.82, 2.24) is 0 Å². The zero-order chi connectivity index (χ0) is 14.9. The highest BCUT2D eigenvalue weighted by Crippen LogP contribution is 2.24. The van der Waals surface area contributed by atoms with Gasteiger partial charge in [-0.3, -0.25) is 4.72 Å². The molecule has 0 radical (unpaired) electrons. The van der Waals surface area contributed by atoms with E-state index in [4.69, 9.17) is 0 Å². The lowest BCUT2D eigenvalue weighted by Gasteiger charge is -2.11. The van der Waals surface area contributed by atoms with Crippen LogP contribution in [-0.2, 0) is 10.0 Å². The van der Waals surface area contributed by atoms with E-state index in [-0.39, 0.29) is 10.5 Å². The van der Waals surface area contributed by atoms with Gasteiger partial charge in [0, 0.05) is 0 Å². The zero-order valence-electron chi connectivity index (χ0n) is 10.3. The van der Waals surface area contributed by atoms with Crippen molar-refractivity contribution in [2.24, 2.45) is 0 Å². The van der Waals surface area contributed by atoms with Crippen LogP contribution in [0.1, 0.15) is 5.56 Å². The quantitative estimate of drug-likeness (QED) is 0.946. The lowest BCUT2D eigenvalue weighted by atomic mass is 10.2. The Morgan fingerprint density at radius 1 is 1.00 bits per heavy atom. The third kappa shape index (κ3) is 2.77. The average molecular weight is 301 g/mol. The molecule has 106 valence electrons. The maximum Gasteiger partial charge on any atom is 0.262 e. The minimum absolute atomic E-state index is 0.134. The van der Waals surface area contributed by atoms with Gasteiger partial charge in [0.2, 0.25) is 0 Å². The number of halogens is 3. The van der Waals surface area contributed by atoms with Gasteiger partial charge in [-0.25, -0.2) is 21.6 Å². The molecule has 0 aliphatic carbocycles. The second-order valence-corrected chi connectivity index (χ2v) is 5.76. The van der Waals surface area contributed by atoms with E-state index >= 15 is 0 Å². The summed E-state index contributed by atoms with van der Waals surface area (Å²) in [5.74, 6) is -2.67. The first-order valence-corrected chi connectivity index (χ1v) is 7.02. The molecule has 0 fully saturated rings. The van der Waals surface area contributed by atoms with E-state index in [1.54, 1.807) is 0 Å². The van der Waals surface area contributed by atoms with Crippen LogP contribution in [0.4, 0.5) is 18.9 Å². The second-order valence-electron chi connectivity index (χ2n) is 4.11. The van der Waals surface area contributed by atoms with Crippen LogP contribution < -0.4 is 4.72 Å². The summed E-state index contributed by atoms with van der Waals surface area (Å²) < 4.78 is 65.8. The maximum absolute atomic E-state index is 13.4. The Morgan fingerprint density at radius 2 is 1.60 bits per heavy atom. The molecule has 1 N–H and O–H groups in total. The molecule has 2 aromatic carbocycles. The normalized spacial score (nSPS) is 11.4. The van der Waals surface area contributed by atoms with Crippen molar-refractivity contribution in [2.45, 2.75) is 11.8 Å². The summed E-state index contributed by atoms with van der Waals surface area (Å²) in [5.41, 5.74) is -0.634. The molecule has 0 saturated carbocycles. The molecule has 7 heteroatoms. The number of benzene rings is 2. The summed E-state index contributed by atoms with van der Waals surface area (Å²) in [7, 11) is -4.20. The third-order valence-corrected chi connectivity index (χ3v) is 4.14. The van der Waals surface area contributed by atoms with Crippen molar-refractivity contribution < 1.29 is 21.6 Å². The van der Waals surface area contributed by atoms with Gasteiger partial charge in [-0.2, -0.15) is 0 Å². The molecular weight excluding hydrogens is 291 g/mol. The SMILES string of the molecule is Cc1cc(F)ccc1S(=O)(=O)Nc1c(F)cccc1F. The Labute approximate surface area is 114 Å². The predicted molar refractivity (Wildman–Crippen MR) is 68.3 cm³/mol. The topological polar surface area (TPSA) is 46.2 Å². The molecule has 0 aliphatic heterocycles. The van der Waals surface area contributed by atoms with Crippen LogP contribution >= 0.6 is 0 Å². The van der Waals surface area contributed by atoms with Crippen LogP contribution in [0.5, 0.6) is 0 Å². The van der Waals surface area contributed by atoms with Gasteiger partial charge >= 0.3 is 0 Å². The molecule has 0 unspecified atom stereocenters. The van der Waals surface area contributed by atoms with Crippen molar-refractivity contribution in [3.8, 4) is 0 Å². The smallest absolute Gasteiger partial charge is 0.262 e. The Morgan fingerprint density at radius 3 is 2.15 bits per heavy atom. The van der Waals surface area contributed by atoms with Gasteiger partial charge in [-0.1, -0.05) is 6.07 Å². The highest BCUT2D eigenvalue weighted by atomic mass is 32.2. The predicted octanol–water partition coefficient (Wildman–Crippen LogP) is 3.21. The molecule has 0 spiro atoms. The molecule has 0 atom stereocenters. The van der Waals surface area contributed by atoms with Crippen molar-refractivity contribution in [1.29, 1.82) is 0 Å². The van der Waals surface area contributed by atoms with Crippen LogP contribution in [-0.4, -0.2) is 8.42 Å². The number of para-hydroxylation sites is 1. The Bertz CT molecular complexity index is 740. The molecule has 3 nitrogen and oxygen atoms in total. The second kappa shape index (κ2) is 5.16. The largest absolute Gasteiger partial charge is 0.274 e. The Kier molecular flexibility index (Phi) is 3.71. The van der Waals surface area contributed by atoms with E-state index in [1.165, 1.54) is 6.92 Å². The molecule has 0 aromatic heterocycles. The minimum Gasteiger partial charge on any atom is -0.274 e. The number of hydrogen-bond donors (Lipinski definition) is 1. The summed E-state index contributed by atoms with van der Waals surface area (Å²) in [6, 6.07) is 5.99. The number of rotatable bonds is 3. The van der Waals surface area contributed by atoms with E-state index < -0.39 is 33.2 Å². The number of hydrogen-bond acceptors (Lipinski definition) is 2. The molecule has 0 saturated heterocycles. The first-order valence-electron chi connectivity index (χ1n) is 5.54. The van der Waals surface area contributed by atoms with Gasteiger partial charge in [-0.05, 0) is 42.8 Å². The van der Waals surface area contributed by atoms with Gasteiger partial charge in [-0.15, -0.1) is 0 Å². The fourth-order valence-electron chi connectivity index (χ4n) is 1.70. The monoisotopic (exact) mass is 301 g/mol. The van der Waals surface area contributed by atoms with Gasteiger partial charge < -0.3 is 0 Å². The van der Waals surface area contributed by atoms with Gasteiger partial charge in [0.05, 0.1) is 4.90 Å². The van der Waals surface area contributed by atoms with Crippen LogP contribution in [0.25, 0.3) is 0 Å². The van der Waals surface area contributed by atoms with E-state index in [1.807, 2.05) is 4.72 Å². The van der Waals surface area contributed by atoms with Crippen molar-refractivity contribution >= 4 is 15.7 Å². The third-order valence-electron chi connectivity index (χ3n) is 2.63. The summed E-state index contributed by atoms with van der Waals surface area (Å²) in [5, 5.41) is 0. The molecule has 0 heterocycles. The fraction of sp³-hybridized carbons (Fsp3) is 0.0769. The standard InChI is InChI=1S/C13H10F3NO2S/c1-8-7-9(14)5-6-12(8)20(18,19)17-13-10(15)3-2-4-11(13)16/h2-7,17H,1H3. The van der Waals surface area contributed by atoms with Crippen LogP contribution in [0.3, 0.4) is 0 Å². The number of aryl methyl sites for hydroxylation is 1. The average Bonchev–Trinajstić information content (AvgIpc) is 2.33. The van der Waals surface area contributed by atoms with Gasteiger partial charge in [0.1, 0.15) is 23.1 Å². The summed E-state index contributed by atoms with van der Waals surface area (Å²) in [6.45, 7) is 1.38. The zero-order valence-corrected chi connectivity index (χ0v) is 11.1. The van der Waals surface area contributed by atoms with Crippen molar-refractivity contribution in [3.05, 3.63) is 59.4 Å². The van der Waals surface area contributed by atoms with E-state index in [2.05, 4.69) is 0 Å². The molecule has 0 aliphatic rings. The summed E-state index contributed by atoms with van der Waals surface area (Å²) >= 11 is 0. The highest BCUT2D eigenvalue weighted by Gasteiger charge is 2.21. The van der Waals surface area contributed by atoms with Gasteiger partial charge in [0.15, 0.2) is 0 Å². The van der Waals surface area contributed by atoms with Crippen molar-refractivity contribution in [3.63, 3.8) is 0 Å². The molecule has 2 aromatic rings. The van der Waals surface area contributed by atoms with Crippen LogP contribution in [0, 0.1) is 24.4 Å². The van der Waals surface area contributed by atoms with Crippen LogP contribution in [0.15, 0.2) is 41.3 Å². The molecule has 20 heavy (non-hydrogen) atoms. The van der Waals surface area contributed by atoms with E-state index in [0.29, 0.717) is 0 Å². The van der Waals surface area contributed by atoms with E-state index in [0.717, 1.165) is 36.4 Å². The Balaban J connectivity index is 2.46. The summed E-state index contributed by atoms with van der Waals surface area (Å²) in [4.78, 5) is -0.249. The van der Waals surface area contributed by atoms with Gasteiger partial charge in [0.25, 0.3) is 10.0 Å². The minimum atomic E-state index is -4.20. The lowest BCUT2D eigenvalue weighted by molar-refractivity contribution is 0.582. The Hall–Kier alpha value is -2.02. The fourth-order valence-corrected chi connectivity index (χ4v) is 3.00. The maximum atomic E-state index is 13.4. The number of nitrogens with one attached hydrogen (secondary N) is 1. The van der Waals surface area contributed by atoms with Crippen molar-refractivity contribution in [2.75, 3.05) is 4.72 Å². The lowest BCUT2D eigenvalue weighted by Crippen LogP contribution is -2.16. The summed E-state index contributed by atoms with van der Waals surface area (Å²) in [6.07, 6.45) is 0. The molecule has 0 amide bonds. The first-order chi connectivity index (χ1) is 9.31. The first kappa shape index (κ1) is 14.4. The highest BCUT2D eigenvalue weighted by molar-refractivity contribution is 7.92. The molecule has 0 bridgehead atoms.